The predicted molar refractivity (Wildman–Crippen MR) is 78.0 cm³/mol. The minimum atomic E-state index is -3.59. The van der Waals surface area contributed by atoms with E-state index in [1.54, 1.807) is 12.1 Å². The second kappa shape index (κ2) is 5.30. The molecule has 2 aromatic rings. The van der Waals surface area contributed by atoms with E-state index in [9.17, 15) is 13.2 Å². The van der Waals surface area contributed by atoms with Crippen LogP contribution in [-0.2, 0) is 9.84 Å². The molecular weight excluding hydrogens is 379 g/mol. The van der Waals surface area contributed by atoms with E-state index >= 15 is 0 Å². The topological polar surface area (TPSA) is 71.4 Å². The van der Waals surface area contributed by atoms with Gasteiger partial charge < -0.3 is 5.11 Å². The summed E-state index contributed by atoms with van der Waals surface area (Å²) in [5, 5.41) is 8.78. The van der Waals surface area contributed by atoms with Crippen LogP contribution in [0.4, 0.5) is 0 Å². The van der Waals surface area contributed by atoms with E-state index in [2.05, 4.69) is 22.6 Å². The average molecular weight is 388 g/mol. The number of hydrogen-bond acceptors (Lipinski definition) is 3. The fourth-order valence-electron chi connectivity index (χ4n) is 1.53. The number of hydrogen-bond donors (Lipinski definition) is 1. The third-order valence-electron chi connectivity index (χ3n) is 2.54. The van der Waals surface area contributed by atoms with Gasteiger partial charge in [0.2, 0.25) is 9.84 Å². The Balaban J connectivity index is 2.44. The number of aromatic carboxylic acids is 1. The van der Waals surface area contributed by atoms with Crippen molar-refractivity contribution < 1.29 is 18.3 Å². The maximum atomic E-state index is 12.3. The maximum Gasteiger partial charge on any atom is 0.335 e. The Hall–Kier alpha value is -1.41. The van der Waals surface area contributed by atoms with E-state index in [1.165, 1.54) is 36.4 Å². The van der Waals surface area contributed by atoms with Crippen LogP contribution in [0.15, 0.2) is 58.3 Å². The Morgan fingerprint density at radius 3 is 1.74 bits per heavy atom. The number of benzene rings is 2. The van der Waals surface area contributed by atoms with Gasteiger partial charge in [-0.3, -0.25) is 0 Å². The molecule has 0 saturated carbocycles. The van der Waals surface area contributed by atoms with Crippen LogP contribution in [-0.4, -0.2) is 19.5 Å². The van der Waals surface area contributed by atoms with Crippen molar-refractivity contribution in [2.24, 2.45) is 0 Å². The standard InChI is InChI=1S/C13H9IO4S/c14-10-3-7-12(8-4-10)19(17,18)11-5-1-9(2-6-11)13(15)16/h1-8H,(H,15,16). The molecule has 98 valence electrons. The van der Waals surface area contributed by atoms with Gasteiger partial charge in [-0.05, 0) is 71.1 Å². The molecule has 0 atom stereocenters. The van der Waals surface area contributed by atoms with Crippen molar-refractivity contribution >= 4 is 38.4 Å². The highest BCUT2D eigenvalue weighted by molar-refractivity contribution is 14.1. The molecule has 0 unspecified atom stereocenters. The largest absolute Gasteiger partial charge is 0.478 e. The Morgan fingerprint density at radius 2 is 1.32 bits per heavy atom. The van der Waals surface area contributed by atoms with E-state index in [0.717, 1.165) is 3.57 Å². The first-order chi connectivity index (χ1) is 8.91. The molecule has 0 radical (unpaired) electrons. The summed E-state index contributed by atoms with van der Waals surface area (Å²) in [6.07, 6.45) is 0. The lowest BCUT2D eigenvalue weighted by Crippen LogP contribution is -2.03. The summed E-state index contributed by atoms with van der Waals surface area (Å²) < 4.78 is 25.5. The molecule has 2 rings (SSSR count). The van der Waals surface area contributed by atoms with Gasteiger partial charge in [0.15, 0.2) is 0 Å². The van der Waals surface area contributed by atoms with Crippen molar-refractivity contribution in [2.75, 3.05) is 0 Å². The van der Waals surface area contributed by atoms with Gasteiger partial charge in [-0.2, -0.15) is 0 Å². The molecule has 0 aliphatic carbocycles. The van der Waals surface area contributed by atoms with Crippen molar-refractivity contribution in [3.63, 3.8) is 0 Å². The molecule has 0 fully saturated rings. The van der Waals surface area contributed by atoms with E-state index in [-0.39, 0.29) is 15.4 Å². The first-order valence-electron chi connectivity index (χ1n) is 5.25. The van der Waals surface area contributed by atoms with Crippen molar-refractivity contribution in [2.45, 2.75) is 9.79 Å². The second-order valence-electron chi connectivity index (χ2n) is 3.79. The van der Waals surface area contributed by atoms with Crippen LogP contribution in [0.3, 0.4) is 0 Å². The van der Waals surface area contributed by atoms with Crippen molar-refractivity contribution in [3.8, 4) is 0 Å². The number of rotatable bonds is 3. The molecule has 0 saturated heterocycles. The van der Waals surface area contributed by atoms with Gasteiger partial charge in [0.1, 0.15) is 0 Å². The smallest absolute Gasteiger partial charge is 0.335 e. The summed E-state index contributed by atoms with van der Waals surface area (Å²) in [6, 6.07) is 11.6. The number of sulfone groups is 1. The van der Waals surface area contributed by atoms with Crippen LogP contribution < -0.4 is 0 Å². The van der Waals surface area contributed by atoms with Gasteiger partial charge in [0, 0.05) is 3.57 Å². The average Bonchev–Trinajstić information content (AvgIpc) is 2.39. The van der Waals surface area contributed by atoms with Crippen LogP contribution >= 0.6 is 22.6 Å². The molecule has 0 aliphatic rings. The number of carboxylic acids is 1. The maximum absolute atomic E-state index is 12.3. The fourth-order valence-corrected chi connectivity index (χ4v) is 3.15. The fraction of sp³-hybridized carbons (Fsp3) is 0. The minimum absolute atomic E-state index is 0.0570. The molecule has 4 nitrogen and oxygen atoms in total. The van der Waals surface area contributed by atoms with Gasteiger partial charge in [-0.1, -0.05) is 0 Å². The zero-order valence-electron chi connectivity index (χ0n) is 9.58. The predicted octanol–water partition coefficient (Wildman–Crippen LogP) is 2.82. The van der Waals surface area contributed by atoms with E-state index in [1.807, 2.05) is 0 Å². The molecule has 6 heteroatoms. The highest BCUT2D eigenvalue weighted by atomic mass is 127. The Morgan fingerprint density at radius 1 is 0.895 bits per heavy atom. The summed E-state index contributed by atoms with van der Waals surface area (Å²) in [5.41, 5.74) is 0.0570. The number of carbonyl (C=O) groups is 1. The highest BCUT2D eigenvalue weighted by Crippen LogP contribution is 2.21. The number of carboxylic acid groups (broad SMARTS) is 1. The third kappa shape index (κ3) is 2.95. The molecule has 0 bridgehead atoms. The molecule has 19 heavy (non-hydrogen) atoms. The molecule has 1 N–H and O–H groups in total. The molecule has 0 spiro atoms. The molecule has 0 amide bonds. The minimum Gasteiger partial charge on any atom is -0.478 e. The first-order valence-corrected chi connectivity index (χ1v) is 7.81. The summed E-state index contributed by atoms with van der Waals surface area (Å²) in [5.74, 6) is -1.08. The van der Waals surface area contributed by atoms with Crippen LogP contribution in [0.25, 0.3) is 0 Å². The zero-order chi connectivity index (χ0) is 14.0. The summed E-state index contributed by atoms with van der Waals surface area (Å²) in [7, 11) is -3.59. The van der Waals surface area contributed by atoms with Crippen LogP contribution in [0.1, 0.15) is 10.4 Å². The van der Waals surface area contributed by atoms with Crippen molar-refractivity contribution in [3.05, 3.63) is 57.7 Å². The van der Waals surface area contributed by atoms with Gasteiger partial charge in [-0.25, -0.2) is 13.2 Å². The lowest BCUT2D eigenvalue weighted by molar-refractivity contribution is 0.0697. The summed E-state index contributed by atoms with van der Waals surface area (Å²) >= 11 is 2.09. The number of halogens is 1. The molecule has 2 aromatic carbocycles. The van der Waals surface area contributed by atoms with Gasteiger partial charge in [0.05, 0.1) is 15.4 Å². The van der Waals surface area contributed by atoms with E-state index in [0.29, 0.717) is 0 Å². The van der Waals surface area contributed by atoms with Gasteiger partial charge in [-0.15, -0.1) is 0 Å². The van der Waals surface area contributed by atoms with E-state index in [4.69, 9.17) is 5.11 Å². The molecule has 0 aliphatic heterocycles. The lowest BCUT2D eigenvalue weighted by Gasteiger charge is -2.05. The second-order valence-corrected chi connectivity index (χ2v) is 6.98. The van der Waals surface area contributed by atoms with E-state index < -0.39 is 15.8 Å². The summed E-state index contributed by atoms with van der Waals surface area (Å²) in [6.45, 7) is 0. The third-order valence-corrected chi connectivity index (χ3v) is 5.04. The van der Waals surface area contributed by atoms with Crippen LogP contribution in [0, 0.1) is 3.57 Å². The van der Waals surface area contributed by atoms with Gasteiger partial charge in [0.25, 0.3) is 0 Å². The Kier molecular flexibility index (Phi) is 3.91. The van der Waals surface area contributed by atoms with Crippen LogP contribution in [0.2, 0.25) is 0 Å². The van der Waals surface area contributed by atoms with Gasteiger partial charge >= 0.3 is 5.97 Å². The normalized spacial score (nSPS) is 11.2. The Bertz CT molecular complexity index is 703. The highest BCUT2D eigenvalue weighted by Gasteiger charge is 2.17. The zero-order valence-corrected chi connectivity index (χ0v) is 12.6. The first kappa shape index (κ1) is 14.0. The van der Waals surface area contributed by atoms with Crippen molar-refractivity contribution in [1.29, 1.82) is 0 Å². The molecule has 0 aromatic heterocycles. The summed E-state index contributed by atoms with van der Waals surface area (Å²) in [4.78, 5) is 11.0. The monoisotopic (exact) mass is 388 g/mol. The Labute approximate surface area is 124 Å². The SMILES string of the molecule is O=C(O)c1ccc(S(=O)(=O)c2ccc(I)cc2)cc1. The quantitative estimate of drug-likeness (QED) is 0.821. The molecule has 0 heterocycles. The molecular formula is C13H9IO4S. The van der Waals surface area contributed by atoms with Crippen LogP contribution in [0.5, 0.6) is 0 Å². The van der Waals surface area contributed by atoms with Crippen molar-refractivity contribution in [1.82, 2.24) is 0 Å². The lowest BCUT2D eigenvalue weighted by atomic mass is 10.2.